The molecule has 0 atom stereocenters. The van der Waals surface area contributed by atoms with Crippen molar-refractivity contribution in [2.24, 2.45) is 0 Å². The summed E-state index contributed by atoms with van der Waals surface area (Å²) < 4.78 is 40.5. The van der Waals surface area contributed by atoms with Crippen molar-refractivity contribution in [1.82, 2.24) is 14.7 Å². The third-order valence-corrected chi connectivity index (χ3v) is 5.59. The summed E-state index contributed by atoms with van der Waals surface area (Å²) in [5.74, 6) is -0.153. The van der Waals surface area contributed by atoms with Crippen LogP contribution in [0.4, 0.5) is 18.9 Å². The van der Waals surface area contributed by atoms with Crippen LogP contribution in [0.25, 0.3) is 5.69 Å². The van der Waals surface area contributed by atoms with Crippen molar-refractivity contribution in [3.05, 3.63) is 77.1 Å². The molecule has 0 radical (unpaired) electrons. The number of piperazine rings is 1. The van der Waals surface area contributed by atoms with Crippen LogP contribution in [0.2, 0.25) is 0 Å². The minimum absolute atomic E-state index is 0.153. The van der Waals surface area contributed by atoms with Gasteiger partial charge in [0.1, 0.15) is 0 Å². The van der Waals surface area contributed by atoms with Gasteiger partial charge in [0.2, 0.25) is 0 Å². The maximum absolute atomic E-state index is 13.1. The molecule has 0 N–H and O–H groups in total. The normalized spacial score (nSPS) is 14.7. The minimum Gasteiger partial charge on any atom is -0.368 e. The monoisotopic (exact) mass is 428 g/mol. The summed E-state index contributed by atoms with van der Waals surface area (Å²) in [6, 6.07) is 13.2. The number of carbonyl (C=O) groups excluding carboxylic acids is 1. The molecule has 0 unspecified atom stereocenters. The van der Waals surface area contributed by atoms with Crippen LogP contribution in [0.15, 0.2) is 54.7 Å². The van der Waals surface area contributed by atoms with E-state index in [9.17, 15) is 18.0 Å². The Labute approximate surface area is 178 Å². The van der Waals surface area contributed by atoms with Crippen LogP contribution in [-0.4, -0.2) is 46.8 Å². The van der Waals surface area contributed by atoms with Crippen molar-refractivity contribution in [1.29, 1.82) is 0 Å². The van der Waals surface area contributed by atoms with Gasteiger partial charge in [-0.05, 0) is 49.7 Å². The molecular weight excluding hydrogens is 405 g/mol. The number of carbonyl (C=O) groups is 1. The maximum atomic E-state index is 13.1. The van der Waals surface area contributed by atoms with Gasteiger partial charge in [-0.15, -0.1) is 0 Å². The van der Waals surface area contributed by atoms with Crippen molar-refractivity contribution >= 4 is 11.6 Å². The number of alkyl halides is 3. The van der Waals surface area contributed by atoms with Gasteiger partial charge in [-0.25, -0.2) is 4.68 Å². The molecule has 0 bridgehead atoms. The second-order valence-corrected chi connectivity index (χ2v) is 7.72. The molecule has 162 valence electrons. The third kappa shape index (κ3) is 4.28. The lowest BCUT2D eigenvalue weighted by Gasteiger charge is -2.36. The number of rotatable bonds is 3. The molecule has 8 heteroatoms. The summed E-state index contributed by atoms with van der Waals surface area (Å²) >= 11 is 0. The molecule has 1 aliphatic rings. The van der Waals surface area contributed by atoms with E-state index >= 15 is 0 Å². The van der Waals surface area contributed by atoms with Gasteiger partial charge in [-0.2, -0.15) is 18.3 Å². The van der Waals surface area contributed by atoms with Crippen molar-refractivity contribution < 1.29 is 18.0 Å². The highest BCUT2D eigenvalue weighted by atomic mass is 19.4. The standard InChI is InChI=1S/C23H23F3N4O/c1-16-5-3-7-19(13-16)28-9-11-29(12-10-28)22(31)21-15-27-30(17(21)2)20-8-4-6-18(14-20)23(24,25)26/h3-8,13-15H,9-12H2,1-2H3. The third-order valence-electron chi connectivity index (χ3n) is 5.59. The van der Waals surface area contributed by atoms with Gasteiger partial charge < -0.3 is 9.80 Å². The number of aromatic nitrogens is 2. The van der Waals surface area contributed by atoms with Gasteiger partial charge in [0, 0.05) is 31.9 Å². The number of nitrogens with zero attached hydrogens (tertiary/aromatic N) is 4. The fourth-order valence-corrected chi connectivity index (χ4v) is 3.86. The van der Waals surface area contributed by atoms with Crippen LogP contribution in [0, 0.1) is 13.8 Å². The van der Waals surface area contributed by atoms with E-state index in [1.165, 1.54) is 22.5 Å². The number of hydrogen-bond donors (Lipinski definition) is 0. The van der Waals surface area contributed by atoms with E-state index in [0.717, 1.165) is 30.9 Å². The van der Waals surface area contributed by atoms with Crippen LogP contribution in [-0.2, 0) is 6.18 Å². The zero-order chi connectivity index (χ0) is 22.2. The van der Waals surface area contributed by atoms with Gasteiger partial charge in [-0.1, -0.05) is 18.2 Å². The van der Waals surface area contributed by atoms with E-state index in [2.05, 4.69) is 22.1 Å². The number of halogens is 3. The van der Waals surface area contributed by atoms with Crippen molar-refractivity contribution in [3.63, 3.8) is 0 Å². The molecule has 1 aromatic heterocycles. The average Bonchev–Trinajstić information content (AvgIpc) is 3.14. The molecule has 2 heterocycles. The molecule has 0 aliphatic carbocycles. The zero-order valence-corrected chi connectivity index (χ0v) is 17.4. The van der Waals surface area contributed by atoms with E-state index in [-0.39, 0.29) is 11.6 Å². The first-order valence-electron chi connectivity index (χ1n) is 10.1. The molecule has 4 rings (SSSR count). The lowest BCUT2D eigenvalue weighted by atomic mass is 10.1. The highest BCUT2D eigenvalue weighted by Crippen LogP contribution is 2.30. The van der Waals surface area contributed by atoms with E-state index in [4.69, 9.17) is 0 Å². The summed E-state index contributed by atoms with van der Waals surface area (Å²) in [7, 11) is 0. The lowest BCUT2D eigenvalue weighted by Crippen LogP contribution is -2.48. The SMILES string of the molecule is Cc1cccc(N2CCN(C(=O)c3cnn(-c4cccc(C(F)(F)F)c4)c3C)CC2)c1. The summed E-state index contributed by atoms with van der Waals surface area (Å²) in [6.45, 7) is 6.32. The number of aryl methyl sites for hydroxylation is 1. The van der Waals surface area contributed by atoms with E-state index in [0.29, 0.717) is 24.3 Å². The summed E-state index contributed by atoms with van der Waals surface area (Å²) in [6.07, 6.45) is -3.00. The Hall–Kier alpha value is -3.29. The highest BCUT2D eigenvalue weighted by molar-refractivity contribution is 5.95. The van der Waals surface area contributed by atoms with Crippen LogP contribution in [0.3, 0.4) is 0 Å². The molecule has 1 aliphatic heterocycles. The zero-order valence-electron chi connectivity index (χ0n) is 17.4. The highest BCUT2D eigenvalue weighted by Gasteiger charge is 2.31. The van der Waals surface area contributed by atoms with Gasteiger partial charge in [0.05, 0.1) is 28.7 Å². The van der Waals surface area contributed by atoms with Crippen molar-refractivity contribution in [3.8, 4) is 5.69 Å². The molecule has 2 aromatic carbocycles. The predicted octanol–water partition coefficient (Wildman–Crippen LogP) is 4.47. The fourth-order valence-electron chi connectivity index (χ4n) is 3.86. The van der Waals surface area contributed by atoms with E-state index in [1.54, 1.807) is 17.9 Å². The van der Waals surface area contributed by atoms with Gasteiger partial charge in [-0.3, -0.25) is 4.79 Å². The Balaban J connectivity index is 1.49. The molecule has 31 heavy (non-hydrogen) atoms. The molecule has 0 saturated carbocycles. The van der Waals surface area contributed by atoms with Gasteiger partial charge >= 0.3 is 6.18 Å². The van der Waals surface area contributed by atoms with Crippen LogP contribution in [0.1, 0.15) is 27.2 Å². The predicted molar refractivity (Wildman–Crippen MR) is 113 cm³/mol. The minimum atomic E-state index is -4.44. The first-order chi connectivity index (χ1) is 14.7. The molecule has 1 fully saturated rings. The van der Waals surface area contributed by atoms with Crippen molar-refractivity contribution in [2.45, 2.75) is 20.0 Å². The summed E-state index contributed by atoms with van der Waals surface area (Å²) in [4.78, 5) is 17.1. The van der Waals surface area contributed by atoms with Crippen molar-refractivity contribution in [2.75, 3.05) is 31.1 Å². The summed E-state index contributed by atoms with van der Waals surface area (Å²) in [5, 5.41) is 4.19. The van der Waals surface area contributed by atoms with Crippen LogP contribution in [0.5, 0.6) is 0 Å². The fraction of sp³-hybridized carbons (Fsp3) is 0.304. The van der Waals surface area contributed by atoms with Gasteiger partial charge in [0.25, 0.3) is 5.91 Å². The Morgan fingerprint density at radius 1 is 0.935 bits per heavy atom. The second-order valence-electron chi connectivity index (χ2n) is 7.72. The first-order valence-corrected chi connectivity index (χ1v) is 10.1. The molecule has 1 amide bonds. The van der Waals surface area contributed by atoms with Crippen LogP contribution < -0.4 is 4.90 Å². The Bertz CT molecular complexity index is 1100. The molecule has 1 saturated heterocycles. The Morgan fingerprint density at radius 3 is 2.29 bits per heavy atom. The molecule has 0 spiro atoms. The molecule has 3 aromatic rings. The first kappa shape index (κ1) is 21.0. The Morgan fingerprint density at radius 2 is 1.61 bits per heavy atom. The number of hydrogen-bond acceptors (Lipinski definition) is 3. The number of benzene rings is 2. The largest absolute Gasteiger partial charge is 0.416 e. The number of anilines is 1. The average molecular weight is 428 g/mol. The maximum Gasteiger partial charge on any atom is 0.416 e. The lowest BCUT2D eigenvalue weighted by molar-refractivity contribution is -0.137. The molecule has 5 nitrogen and oxygen atoms in total. The van der Waals surface area contributed by atoms with E-state index in [1.807, 2.05) is 19.1 Å². The van der Waals surface area contributed by atoms with E-state index < -0.39 is 11.7 Å². The van der Waals surface area contributed by atoms with Gasteiger partial charge in [0.15, 0.2) is 0 Å². The second kappa shape index (κ2) is 8.09. The summed E-state index contributed by atoms with van der Waals surface area (Å²) in [5.41, 5.74) is 2.77. The quantitative estimate of drug-likeness (QED) is 0.618. The smallest absolute Gasteiger partial charge is 0.368 e. The number of amides is 1. The molecular formula is C23H23F3N4O. The van der Waals surface area contributed by atoms with Crippen LogP contribution >= 0.6 is 0 Å². The topological polar surface area (TPSA) is 41.4 Å². The Kier molecular flexibility index (Phi) is 5.47.